The third-order valence-electron chi connectivity index (χ3n) is 4.27. The molecule has 0 aromatic heterocycles. The van der Waals surface area contributed by atoms with Gasteiger partial charge in [0, 0.05) is 11.1 Å². The molecule has 3 aromatic rings. The number of halogens is 1. The second kappa shape index (κ2) is 9.76. The fourth-order valence-corrected chi connectivity index (χ4v) is 2.86. The maximum atomic E-state index is 12.0. The Morgan fingerprint density at radius 1 is 1.10 bits per heavy atom. The van der Waals surface area contributed by atoms with Crippen molar-refractivity contribution >= 4 is 23.4 Å². The highest BCUT2D eigenvalue weighted by Crippen LogP contribution is 2.33. The van der Waals surface area contributed by atoms with Gasteiger partial charge in [-0.05, 0) is 42.3 Å². The second-order valence-electron chi connectivity index (χ2n) is 6.47. The summed E-state index contributed by atoms with van der Waals surface area (Å²) in [6.07, 6.45) is -0.525. The lowest BCUT2D eigenvalue weighted by Crippen LogP contribution is -2.27. The molecule has 0 bridgehead atoms. The average molecular weight is 427 g/mol. The molecule has 3 rings (SSSR count). The smallest absolute Gasteiger partial charge is 0.407 e. The van der Waals surface area contributed by atoms with Gasteiger partial charge in [-0.25, -0.2) is 4.79 Å². The number of nitro benzene ring substituents is 1. The van der Waals surface area contributed by atoms with E-state index in [0.29, 0.717) is 5.75 Å². The molecule has 0 saturated heterocycles. The highest BCUT2D eigenvalue weighted by molar-refractivity contribution is 6.30. The number of benzene rings is 3. The third kappa shape index (κ3) is 5.71. The van der Waals surface area contributed by atoms with E-state index in [2.05, 4.69) is 5.32 Å². The van der Waals surface area contributed by atoms with Crippen molar-refractivity contribution in [3.05, 3.63) is 99.1 Å². The summed E-state index contributed by atoms with van der Waals surface area (Å²) in [7, 11) is 0. The van der Waals surface area contributed by atoms with Crippen molar-refractivity contribution in [1.29, 1.82) is 0 Å². The third-order valence-corrected chi connectivity index (χ3v) is 4.51. The predicted octanol–water partition coefficient (Wildman–Crippen LogP) is 6.03. The molecule has 0 fully saturated rings. The van der Waals surface area contributed by atoms with Gasteiger partial charge in [-0.1, -0.05) is 54.1 Å². The number of alkyl carbamates (subject to hydrolysis) is 1. The molecular weight excluding hydrogens is 408 g/mol. The number of nitrogens with zero attached hydrogens (tertiary/aromatic N) is 1. The van der Waals surface area contributed by atoms with Crippen molar-refractivity contribution < 1.29 is 19.2 Å². The van der Waals surface area contributed by atoms with Crippen LogP contribution < -0.4 is 10.1 Å². The van der Waals surface area contributed by atoms with Gasteiger partial charge in [0.05, 0.1) is 11.0 Å². The lowest BCUT2D eigenvalue weighted by atomic mass is 10.1. The fourth-order valence-electron chi connectivity index (χ4n) is 2.70. The summed E-state index contributed by atoms with van der Waals surface area (Å²) in [5.74, 6) is 0.510. The summed E-state index contributed by atoms with van der Waals surface area (Å²) in [6.45, 7) is 2.01. The zero-order chi connectivity index (χ0) is 21.5. The van der Waals surface area contributed by atoms with Crippen molar-refractivity contribution in [2.45, 2.75) is 19.6 Å². The Hall–Kier alpha value is -3.58. The number of hydrogen-bond acceptors (Lipinski definition) is 5. The molecule has 1 amide bonds. The molecule has 0 aliphatic heterocycles. The number of nitrogens with one attached hydrogen (secondary N) is 1. The normalized spacial score (nSPS) is 11.4. The quantitative estimate of drug-likeness (QED) is 0.368. The molecule has 1 atom stereocenters. The van der Waals surface area contributed by atoms with Gasteiger partial charge in [-0.3, -0.25) is 10.1 Å². The predicted molar refractivity (Wildman–Crippen MR) is 113 cm³/mol. The van der Waals surface area contributed by atoms with Gasteiger partial charge in [0.25, 0.3) is 0 Å². The molecule has 3 aromatic carbocycles. The number of rotatable bonds is 7. The second-order valence-corrected chi connectivity index (χ2v) is 6.90. The Morgan fingerprint density at radius 3 is 2.47 bits per heavy atom. The number of hydrogen-bond donors (Lipinski definition) is 1. The van der Waals surface area contributed by atoms with Crippen LogP contribution in [0.25, 0.3) is 0 Å². The Labute approximate surface area is 178 Å². The maximum absolute atomic E-state index is 12.0. The van der Waals surface area contributed by atoms with Crippen molar-refractivity contribution in [3.8, 4) is 11.5 Å². The molecule has 0 spiro atoms. The van der Waals surface area contributed by atoms with Crippen LogP contribution in [0.4, 0.5) is 10.5 Å². The number of amides is 1. The van der Waals surface area contributed by atoms with Gasteiger partial charge >= 0.3 is 11.8 Å². The van der Waals surface area contributed by atoms with E-state index in [0.717, 1.165) is 11.1 Å². The number of ether oxygens (including phenoxy) is 2. The highest BCUT2D eigenvalue weighted by Gasteiger charge is 2.17. The Kier molecular flexibility index (Phi) is 6.87. The molecule has 7 nitrogen and oxygen atoms in total. The topological polar surface area (TPSA) is 90.7 Å². The first-order chi connectivity index (χ1) is 14.4. The molecule has 154 valence electrons. The molecule has 0 aliphatic rings. The van der Waals surface area contributed by atoms with Crippen LogP contribution in [0.1, 0.15) is 24.1 Å². The van der Waals surface area contributed by atoms with Crippen LogP contribution in [0.3, 0.4) is 0 Å². The van der Waals surface area contributed by atoms with Gasteiger partial charge in [-0.15, -0.1) is 0 Å². The van der Waals surface area contributed by atoms with Crippen molar-refractivity contribution in [2.75, 3.05) is 0 Å². The first-order valence-corrected chi connectivity index (χ1v) is 9.49. The van der Waals surface area contributed by atoms with E-state index in [-0.39, 0.29) is 29.1 Å². The van der Waals surface area contributed by atoms with E-state index in [1.54, 1.807) is 24.3 Å². The van der Waals surface area contributed by atoms with Crippen LogP contribution in [-0.4, -0.2) is 11.0 Å². The molecule has 8 heteroatoms. The largest absolute Gasteiger partial charge is 0.450 e. The van der Waals surface area contributed by atoms with E-state index in [9.17, 15) is 14.9 Å². The molecule has 1 N–H and O–H groups in total. The standard InChI is InChI=1S/C22H19ClN2O5/c1-15(24-22(26)29-14-16-5-3-2-4-6-16)17-7-10-19(11-8-17)30-21-12-9-18(23)13-20(21)25(27)28/h2-13,15H,14H2,1H3,(H,24,26). The minimum Gasteiger partial charge on any atom is -0.450 e. The van der Waals surface area contributed by atoms with Crippen molar-refractivity contribution in [3.63, 3.8) is 0 Å². The number of carbonyl (C=O) groups is 1. The zero-order valence-corrected chi connectivity index (χ0v) is 16.8. The van der Waals surface area contributed by atoms with Crippen LogP contribution in [0.2, 0.25) is 5.02 Å². The lowest BCUT2D eigenvalue weighted by molar-refractivity contribution is -0.385. The van der Waals surface area contributed by atoms with E-state index >= 15 is 0 Å². The summed E-state index contributed by atoms with van der Waals surface area (Å²) in [6, 6.07) is 20.2. The first kappa shape index (κ1) is 21.1. The monoisotopic (exact) mass is 426 g/mol. The lowest BCUT2D eigenvalue weighted by Gasteiger charge is -2.15. The summed E-state index contributed by atoms with van der Waals surface area (Å²) in [4.78, 5) is 22.6. The van der Waals surface area contributed by atoms with Crippen LogP contribution >= 0.6 is 11.6 Å². The van der Waals surface area contributed by atoms with E-state index in [4.69, 9.17) is 21.1 Å². The van der Waals surface area contributed by atoms with Crippen LogP contribution in [0.5, 0.6) is 11.5 Å². The summed E-state index contributed by atoms with van der Waals surface area (Å²) in [5.41, 5.74) is 1.51. The first-order valence-electron chi connectivity index (χ1n) is 9.11. The molecule has 1 unspecified atom stereocenters. The van der Waals surface area contributed by atoms with Gasteiger partial charge in [0.2, 0.25) is 5.75 Å². The fraction of sp³-hybridized carbons (Fsp3) is 0.136. The number of carbonyl (C=O) groups excluding carboxylic acids is 1. The van der Waals surface area contributed by atoms with E-state index in [1.807, 2.05) is 37.3 Å². The number of nitro groups is 1. The Balaban J connectivity index is 1.58. The summed E-state index contributed by atoms with van der Waals surface area (Å²) >= 11 is 5.81. The van der Waals surface area contributed by atoms with Crippen molar-refractivity contribution in [2.24, 2.45) is 0 Å². The van der Waals surface area contributed by atoms with Gasteiger partial charge in [-0.2, -0.15) is 0 Å². The molecule has 0 heterocycles. The zero-order valence-electron chi connectivity index (χ0n) is 16.1. The summed E-state index contributed by atoms with van der Waals surface area (Å²) < 4.78 is 10.8. The van der Waals surface area contributed by atoms with Gasteiger partial charge < -0.3 is 14.8 Å². The average Bonchev–Trinajstić information content (AvgIpc) is 2.74. The van der Waals surface area contributed by atoms with Gasteiger partial charge in [0.15, 0.2) is 0 Å². The minimum atomic E-state index is -0.553. The molecule has 0 radical (unpaired) electrons. The maximum Gasteiger partial charge on any atom is 0.407 e. The Bertz CT molecular complexity index is 1030. The van der Waals surface area contributed by atoms with Crippen LogP contribution in [0.15, 0.2) is 72.8 Å². The van der Waals surface area contributed by atoms with E-state index < -0.39 is 11.0 Å². The van der Waals surface area contributed by atoms with Crippen LogP contribution in [-0.2, 0) is 11.3 Å². The molecule has 30 heavy (non-hydrogen) atoms. The molecule has 0 saturated carbocycles. The van der Waals surface area contributed by atoms with Crippen LogP contribution in [0, 0.1) is 10.1 Å². The van der Waals surface area contributed by atoms with Crippen molar-refractivity contribution in [1.82, 2.24) is 5.32 Å². The van der Waals surface area contributed by atoms with E-state index in [1.165, 1.54) is 18.2 Å². The highest BCUT2D eigenvalue weighted by atomic mass is 35.5. The SMILES string of the molecule is CC(NC(=O)OCc1ccccc1)c1ccc(Oc2ccc(Cl)cc2[N+](=O)[O-])cc1. The molecule has 0 aliphatic carbocycles. The Morgan fingerprint density at radius 2 is 1.80 bits per heavy atom. The minimum absolute atomic E-state index is 0.0906. The van der Waals surface area contributed by atoms with Gasteiger partial charge in [0.1, 0.15) is 12.4 Å². The molecular formula is C22H19ClN2O5. The summed E-state index contributed by atoms with van der Waals surface area (Å²) in [5, 5.41) is 14.2.